The Hall–Kier alpha value is -1.97. The number of nitrogens with zero attached hydrogens (tertiary/aromatic N) is 2. The minimum absolute atomic E-state index is 0.0649. The van der Waals surface area contributed by atoms with E-state index in [1.54, 1.807) is 32.9 Å². The van der Waals surface area contributed by atoms with Crippen molar-refractivity contribution in [3.8, 4) is 0 Å². The molecule has 8 nitrogen and oxygen atoms in total. The lowest BCUT2D eigenvalue weighted by atomic mass is 9.91. The first-order chi connectivity index (χ1) is 12.6. The van der Waals surface area contributed by atoms with E-state index in [1.165, 1.54) is 15.3 Å². The standard InChI is InChI=1S/C18H26N2O6S/c1-4-20(5-2)27(25,26)15-12-14(7-6-13(15)3)16(21)19-10-8-18(24,9-11-19)17(22)23/h6-7,12,24H,4-5,8-11H2,1-3H3,(H,22,23). The zero-order valence-electron chi connectivity index (χ0n) is 15.8. The molecule has 2 rings (SSSR count). The first-order valence-electron chi connectivity index (χ1n) is 8.92. The van der Waals surface area contributed by atoms with Gasteiger partial charge in [0.15, 0.2) is 5.60 Å². The number of likely N-dealkylation sites (tertiary alicyclic amines) is 1. The zero-order valence-corrected chi connectivity index (χ0v) is 16.6. The number of benzene rings is 1. The number of aliphatic carboxylic acids is 1. The molecule has 0 spiro atoms. The topological polar surface area (TPSA) is 115 Å². The predicted molar refractivity (Wildman–Crippen MR) is 99.0 cm³/mol. The number of carbonyl (C=O) groups excluding carboxylic acids is 1. The fourth-order valence-corrected chi connectivity index (χ4v) is 4.90. The van der Waals surface area contributed by atoms with Crippen LogP contribution in [0.25, 0.3) is 0 Å². The van der Waals surface area contributed by atoms with Gasteiger partial charge in [0.25, 0.3) is 5.91 Å². The van der Waals surface area contributed by atoms with Crippen LogP contribution in [-0.2, 0) is 14.8 Å². The third-order valence-electron chi connectivity index (χ3n) is 5.03. The summed E-state index contributed by atoms with van der Waals surface area (Å²) in [6.45, 7) is 6.03. The second kappa shape index (κ2) is 7.95. The van der Waals surface area contributed by atoms with Crippen LogP contribution in [0.2, 0.25) is 0 Å². The normalized spacial score (nSPS) is 17.1. The molecular weight excluding hydrogens is 372 g/mol. The first kappa shape index (κ1) is 21.3. The van der Waals surface area contributed by atoms with Crippen molar-refractivity contribution in [2.24, 2.45) is 0 Å². The van der Waals surface area contributed by atoms with Gasteiger partial charge in [-0.25, -0.2) is 13.2 Å². The second-order valence-corrected chi connectivity index (χ2v) is 8.60. The van der Waals surface area contributed by atoms with E-state index in [-0.39, 0.29) is 42.3 Å². The molecule has 1 saturated heterocycles. The SMILES string of the molecule is CCN(CC)S(=O)(=O)c1cc(C(=O)N2CCC(O)(C(=O)O)CC2)ccc1C. The van der Waals surface area contributed by atoms with E-state index >= 15 is 0 Å². The number of aryl methyl sites for hydroxylation is 1. The lowest BCUT2D eigenvalue weighted by Gasteiger charge is -2.35. The summed E-state index contributed by atoms with van der Waals surface area (Å²) < 4.78 is 27.0. The molecule has 1 aliphatic rings. The lowest BCUT2D eigenvalue weighted by molar-refractivity contribution is -0.162. The van der Waals surface area contributed by atoms with Crippen molar-refractivity contribution >= 4 is 21.9 Å². The largest absolute Gasteiger partial charge is 0.479 e. The molecule has 0 aliphatic carbocycles. The number of rotatable bonds is 6. The summed E-state index contributed by atoms with van der Waals surface area (Å²) >= 11 is 0. The lowest BCUT2D eigenvalue weighted by Crippen LogP contribution is -2.50. The second-order valence-electron chi connectivity index (χ2n) is 6.70. The molecule has 2 N–H and O–H groups in total. The third kappa shape index (κ3) is 4.15. The number of aliphatic hydroxyl groups is 1. The van der Waals surface area contributed by atoms with E-state index in [9.17, 15) is 23.1 Å². The fourth-order valence-electron chi connectivity index (χ4n) is 3.19. The van der Waals surface area contributed by atoms with Gasteiger partial charge in [-0.05, 0) is 24.6 Å². The first-order valence-corrected chi connectivity index (χ1v) is 10.4. The number of amides is 1. The molecule has 0 unspecified atom stereocenters. The summed E-state index contributed by atoms with van der Waals surface area (Å²) in [6, 6.07) is 4.54. The van der Waals surface area contributed by atoms with Crippen molar-refractivity contribution in [2.45, 2.75) is 44.1 Å². The highest BCUT2D eigenvalue weighted by atomic mass is 32.2. The quantitative estimate of drug-likeness (QED) is 0.741. The smallest absolute Gasteiger partial charge is 0.335 e. The maximum absolute atomic E-state index is 12.8. The van der Waals surface area contributed by atoms with E-state index in [0.717, 1.165) is 0 Å². The van der Waals surface area contributed by atoms with Gasteiger partial charge in [-0.1, -0.05) is 19.9 Å². The van der Waals surface area contributed by atoms with Crippen LogP contribution in [0.1, 0.15) is 42.6 Å². The van der Waals surface area contributed by atoms with E-state index in [2.05, 4.69) is 0 Å². The highest BCUT2D eigenvalue weighted by molar-refractivity contribution is 7.89. The Morgan fingerprint density at radius 2 is 1.74 bits per heavy atom. The van der Waals surface area contributed by atoms with Gasteiger partial charge in [0, 0.05) is 44.6 Å². The maximum atomic E-state index is 12.8. The molecule has 1 aliphatic heterocycles. The van der Waals surface area contributed by atoms with Gasteiger partial charge in [-0.2, -0.15) is 4.31 Å². The summed E-state index contributed by atoms with van der Waals surface area (Å²) in [4.78, 5) is 25.4. The van der Waals surface area contributed by atoms with Crippen LogP contribution in [0.15, 0.2) is 23.1 Å². The number of carbonyl (C=O) groups is 2. The van der Waals surface area contributed by atoms with Crippen LogP contribution in [0.3, 0.4) is 0 Å². The molecular formula is C18H26N2O6S. The molecule has 0 aromatic heterocycles. The molecule has 150 valence electrons. The number of sulfonamides is 1. The highest BCUT2D eigenvalue weighted by Crippen LogP contribution is 2.26. The highest BCUT2D eigenvalue weighted by Gasteiger charge is 2.40. The van der Waals surface area contributed by atoms with Crippen molar-refractivity contribution in [3.05, 3.63) is 29.3 Å². The Bertz CT molecular complexity index is 824. The molecule has 1 aromatic carbocycles. The fraction of sp³-hybridized carbons (Fsp3) is 0.556. The van der Waals surface area contributed by atoms with Gasteiger partial charge in [0.2, 0.25) is 10.0 Å². The Labute approximate surface area is 159 Å². The molecule has 1 amide bonds. The van der Waals surface area contributed by atoms with Crippen LogP contribution in [-0.4, -0.2) is 71.5 Å². The summed E-state index contributed by atoms with van der Waals surface area (Å²) in [5.41, 5.74) is -1.04. The number of carboxylic acids is 1. The summed E-state index contributed by atoms with van der Waals surface area (Å²) in [6.07, 6.45) is -0.130. The zero-order chi connectivity index (χ0) is 20.4. The summed E-state index contributed by atoms with van der Waals surface area (Å²) in [5.74, 6) is -1.67. The minimum atomic E-state index is -3.70. The average molecular weight is 398 g/mol. The van der Waals surface area contributed by atoms with Gasteiger partial charge in [0.1, 0.15) is 0 Å². The van der Waals surface area contributed by atoms with E-state index in [0.29, 0.717) is 18.7 Å². The van der Waals surface area contributed by atoms with Gasteiger partial charge in [-0.15, -0.1) is 0 Å². The van der Waals surface area contributed by atoms with Crippen LogP contribution in [0, 0.1) is 6.92 Å². The molecule has 0 saturated carbocycles. The number of carboxylic acid groups (broad SMARTS) is 1. The van der Waals surface area contributed by atoms with E-state index < -0.39 is 21.6 Å². The Kier molecular flexibility index (Phi) is 6.28. The van der Waals surface area contributed by atoms with Crippen LogP contribution in [0.4, 0.5) is 0 Å². The molecule has 0 bridgehead atoms. The van der Waals surface area contributed by atoms with E-state index in [1.807, 2.05) is 0 Å². The number of hydrogen-bond acceptors (Lipinski definition) is 5. The molecule has 9 heteroatoms. The monoisotopic (exact) mass is 398 g/mol. The molecule has 0 radical (unpaired) electrons. The van der Waals surface area contributed by atoms with Gasteiger partial charge in [-0.3, -0.25) is 4.79 Å². The molecule has 1 aromatic rings. The maximum Gasteiger partial charge on any atom is 0.335 e. The van der Waals surface area contributed by atoms with Crippen LogP contribution in [0.5, 0.6) is 0 Å². The van der Waals surface area contributed by atoms with Gasteiger partial charge >= 0.3 is 5.97 Å². The Balaban J connectivity index is 2.28. The third-order valence-corrected chi connectivity index (χ3v) is 7.23. The number of hydrogen-bond donors (Lipinski definition) is 2. The predicted octanol–water partition coefficient (Wildman–Crippen LogP) is 1.08. The van der Waals surface area contributed by atoms with Crippen molar-refractivity contribution in [2.75, 3.05) is 26.2 Å². The van der Waals surface area contributed by atoms with E-state index in [4.69, 9.17) is 5.11 Å². The molecule has 27 heavy (non-hydrogen) atoms. The van der Waals surface area contributed by atoms with Crippen molar-refractivity contribution in [1.29, 1.82) is 0 Å². The van der Waals surface area contributed by atoms with Gasteiger partial charge in [0.05, 0.1) is 4.90 Å². The molecule has 1 heterocycles. The van der Waals surface area contributed by atoms with Gasteiger partial charge < -0.3 is 15.1 Å². The minimum Gasteiger partial charge on any atom is -0.479 e. The number of piperidine rings is 1. The Morgan fingerprint density at radius 1 is 1.19 bits per heavy atom. The average Bonchev–Trinajstić information content (AvgIpc) is 2.62. The summed E-state index contributed by atoms with van der Waals surface area (Å²) in [7, 11) is -3.70. The van der Waals surface area contributed by atoms with Crippen molar-refractivity contribution < 1.29 is 28.2 Å². The summed E-state index contributed by atoms with van der Waals surface area (Å²) in [5, 5.41) is 19.1. The molecule has 1 fully saturated rings. The molecule has 0 atom stereocenters. The Morgan fingerprint density at radius 3 is 2.22 bits per heavy atom. The van der Waals surface area contributed by atoms with Crippen molar-refractivity contribution in [3.63, 3.8) is 0 Å². The van der Waals surface area contributed by atoms with Crippen LogP contribution < -0.4 is 0 Å². The van der Waals surface area contributed by atoms with Crippen molar-refractivity contribution in [1.82, 2.24) is 9.21 Å². The van der Waals surface area contributed by atoms with Crippen LogP contribution >= 0.6 is 0 Å².